The van der Waals surface area contributed by atoms with Crippen molar-refractivity contribution in [2.45, 2.75) is 26.4 Å². The summed E-state index contributed by atoms with van der Waals surface area (Å²) in [5, 5.41) is 9.45. The number of allylic oxidation sites excluding steroid dienone is 2. The molecular weight excluding hydrogens is 152 g/mol. The molecule has 0 fully saturated rings. The monoisotopic (exact) mass is 166 g/mol. The molecule has 12 heavy (non-hydrogen) atoms. The van der Waals surface area contributed by atoms with Crippen LogP contribution in [0.5, 0.6) is 0 Å². The molecule has 2 heteroatoms. The molecule has 0 aromatic carbocycles. The van der Waals surface area contributed by atoms with Gasteiger partial charge in [-0.1, -0.05) is 12.2 Å². The van der Waals surface area contributed by atoms with Gasteiger partial charge >= 0.3 is 0 Å². The average Bonchev–Trinajstić information content (AvgIpc) is 1.96. The summed E-state index contributed by atoms with van der Waals surface area (Å²) in [6.07, 6.45) is 1.55. The molecule has 66 valence electrons. The summed E-state index contributed by atoms with van der Waals surface area (Å²) in [6.45, 7) is 7.33. The maximum absolute atomic E-state index is 11.3. The Balaban J connectivity index is 2.86. The average molecular weight is 166 g/mol. The van der Waals surface area contributed by atoms with Gasteiger partial charge in [0, 0.05) is 5.92 Å². The van der Waals surface area contributed by atoms with Crippen molar-refractivity contribution < 1.29 is 9.90 Å². The third-order valence-corrected chi connectivity index (χ3v) is 2.29. The first-order chi connectivity index (χ1) is 5.52. The predicted octanol–water partition coefficient (Wildman–Crippen LogP) is 1.46. The Kier molecular flexibility index (Phi) is 2.48. The summed E-state index contributed by atoms with van der Waals surface area (Å²) in [7, 11) is 0. The van der Waals surface area contributed by atoms with E-state index in [-0.39, 0.29) is 11.7 Å². The molecule has 1 rings (SSSR count). The second kappa shape index (κ2) is 3.23. The minimum absolute atomic E-state index is 0.0744. The first-order valence-corrected chi connectivity index (χ1v) is 4.08. The van der Waals surface area contributed by atoms with Crippen molar-refractivity contribution in [3.8, 4) is 0 Å². The Labute approximate surface area is 72.6 Å². The minimum atomic E-state index is -0.468. The summed E-state index contributed by atoms with van der Waals surface area (Å²) in [5.41, 5.74) is 1.60. The second-order valence-electron chi connectivity index (χ2n) is 3.44. The Hall–Kier alpha value is -0.890. The zero-order valence-electron chi connectivity index (χ0n) is 7.50. The van der Waals surface area contributed by atoms with Crippen LogP contribution in [0.1, 0.15) is 20.3 Å². The molecule has 0 aromatic heterocycles. The van der Waals surface area contributed by atoms with Crippen LogP contribution < -0.4 is 0 Å². The molecule has 0 bridgehead atoms. The molecule has 0 aliphatic heterocycles. The van der Waals surface area contributed by atoms with Crippen LogP contribution in [0.2, 0.25) is 0 Å². The van der Waals surface area contributed by atoms with E-state index in [0.717, 1.165) is 11.1 Å². The summed E-state index contributed by atoms with van der Waals surface area (Å²) >= 11 is 0. The first-order valence-electron chi connectivity index (χ1n) is 4.08. The van der Waals surface area contributed by atoms with E-state index in [4.69, 9.17) is 0 Å². The standard InChI is InChI=1S/C10H14O2/c1-6(2)8-5-9(11)7(3)4-10(8)12/h4,8-9,11H,1,5H2,2-3H3/t8-,9+/m1/s1. The van der Waals surface area contributed by atoms with Gasteiger partial charge in [0.05, 0.1) is 6.10 Å². The van der Waals surface area contributed by atoms with Crippen LogP contribution in [0.25, 0.3) is 0 Å². The van der Waals surface area contributed by atoms with Crippen molar-refractivity contribution >= 4 is 5.78 Å². The molecule has 0 heterocycles. The van der Waals surface area contributed by atoms with Gasteiger partial charge in [-0.2, -0.15) is 0 Å². The first kappa shape index (κ1) is 9.20. The smallest absolute Gasteiger partial charge is 0.162 e. The SMILES string of the molecule is C=C(C)[C@H]1C[C@H](O)C(C)=CC1=O. The number of aliphatic hydroxyl groups is 1. The Morgan fingerprint density at radius 2 is 2.33 bits per heavy atom. The van der Waals surface area contributed by atoms with Crippen molar-refractivity contribution in [2.24, 2.45) is 5.92 Å². The molecule has 0 spiro atoms. The molecule has 0 amide bonds. The zero-order chi connectivity index (χ0) is 9.30. The second-order valence-corrected chi connectivity index (χ2v) is 3.44. The predicted molar refractivity (Wildman–Crippen MR) is 47.7 cm³/mol. The molecule has 0 unspecified atom stereocenters. The highest BCUT2D eigenvalue weighted by atomic mass is 16.3. The van der Waals surface area contributed by atoms with Gasteiger partial charge in [0.25, 0.3) is 0 Å². The van der Waals surface area contributed by atoms with Gasteiger partial charge in [0.2, 0.25) is 0 Å². The van der Waals surface area contributed by atoms with Crippen LogP contribution in [0, 0.1) is 5.92 Å². The van der Waals surface area contributed by atoms with Crippen LogP contribution in [0.3, 0.4) is 0 Å². The van der Waals surface area contributed by atoms with E-state index in [2.05, 4.69) is 6.58 Å². The van der Waals surface area contributed by atoms with Crippen molar-refractivity contribution in [3.05, 3.63) is 23.8 Å². The third kappa shape index (κ3) is 1.64. The van der Waals surface area contributed by atoms with Gasteiger partial charge in [-0.3, -0.25) is 4.79 Å². The molecule has 1 aliphatic rings. The lowest BCUT2D eigenvalue weighted by molar-refractivity contribution is -0.118. The van der Waals surface area contributed by atoms with E-state index in [9.17, 15) is 9.90 Å². The Morgan fingerprint density at radius 1 is 1.75 bits per heavy atom. The largest absolute Gasteiger partial charge is 0.389 e. The van der Waals surface area contributed by atoms with Gasteiger partial charge in [-0.05, 0) is 31.9 Å². The highest BCUT2D eigenvalue weighted by molar-refractivity contribution is 5.95. The van der Waals surface area contributed by atoms with E-state index >= 15 is 0 Å². The van der Waals surface area contributed by atoms with Crippen molar-refractivity contribution in [3.63, 3.8) is 0 Å². The van der Waals surface area contributed by atoms with Crippen LogP contribution in [0.15, 0.2) is 23.8 Å². The lowest BCUT2D eigenvalue weighted by Crippen LogP contribution is -2.26. The van der Waals surface area contributed by atoms with Gasteiger partial charge in [0.1, 0.15) is 0 Å². The summed E-state index contributed by atoms with van der Waals surface area (Å²) in [6, 6.07) is 0. The Bertz CT molecular complexity index is 251. The number of aliphatic hydroxyl groups excluding tert-OH is 1. The fourth-order valence-electron chi connectivity index (χ4n) is 1.39. The molecule has 1 aliphatic carbocycles. The number of hydrogen-bond acceptors (Lipinski definition) is 2. The fraction of sp³-hybridized carbons (Fsp3) is 0.500. The molecule has 0 radical (unpaired) electrons. The molecule has 0 saturated heterocycles. The van der Waals surface area contributed by atoms with E-state index < -0.39 is 6.10 Å². The summed E-state index contributed by atoms with van der Waals surface area (Å²) in [4.78, 5) is 11.3. The number of hydrogen-bond donors (Lipinski definition) is 1. The lowest BCUT2D eigenvalue weighted by atomic mass is 9.83. The van der Waals surface area contributed by atoms with Crippen LogP contribution >= 0.6 is 0 Å². The van der Waals surface area contributed by atoms with Gasteiger partial charge in [0.15, 0.2) is 5.78 Å². The Morgan fingerprint density at radius 3 is 2.83 bits per heavy atom. The maximum Gasteiger partial charge on any atom is 0.162 e. The molecule has 2 nitrogen and oxygen atoms in total. The molecule has 2 atom stereocenters. The molecule has 0 aromatic rings. The van der Waals surface area contributed by atoms with Crippen LogP contribution in [-0.2, 0) is 4.79 Å². The quantitative estimate of drug-likeness (QED) is 0.599. The highest BCUT2D eigenvalue weighted by Gasteiger charge is 2.26. The minimum Gasteiger partial charge on any atom is -0.389 e. The number of rotatable bonds is 1. The van der Waals surface area contributed by atoms with Crippen molar-refractivity contribution in [2.75, 3.05) is 0 Å². The van der Waals surface area contributed by atoms with Crippen LogP contribution in [-0.4, -0.2) is 17.0 Å². The number of carbonyl (C=O) groups is 1. The van der Waals surface area contributed by atoms with Crippen LogP contribution in [0.4, 0.5) is 0 Å². The van der Waals surface area contributed by atoms with E-state index in [1.54, 1.807) is 6.92 Å². The number of carbonyl (C=O) groups excluding carboxylic acids is 1. The molecule has 1 N–H and O–H groups in total. The fourth-order valence-corrected chi connectivity index (χ4v) is 1.39. The van der Waals surface area contributed by atoms with Gasteiger partial charge in [-0.15, -0.1) is 0 Å². The molecular formula is C10H14O2. The van der Waals surface area contributed by atoms with E-state index in [0.29, 0.717) is 6.42 Å². The van der Waals surface area contributed by atoms with Crippen molar-refractivity contribution in [1.82, 2.24) is 0 Å². The van der Waals surface area contributed by atoms with Gasteiger partial charge in [-0.25, -0.2) is 0 Å². The summed E-state index contributed by atoms with van der Waals surface area (Å²) in [5.74, 6) is -0.103. The summed E-state index contributed by atoms with van der Waals surface area (Å²) < 4.78 is 0. The van der Waals surface area contributed by atoms with Gasteiger partial charge < -0.3 is 5.11 Å². The highest BCUT2D eigenvalue weighted by Crippen LogP contribution is 2.25. The maximum atomic E-state index is 11.3. The van der Waals surface area contributed by atoms with E-state index in [1.165, 1.54) is 6.08 Å². The van der Waals surface area contributed by atoms with E-state index in [1.807, 2.05) is 6.92 Å². The topological polar surface area (TPSA) is 37.3 Å². The third-order valence-electron chi connectivity index (χ3n) is 2.29. The van der Waals surface area contributed by atoms with Crippen molar-refractivity contribution in [1.29, 1.82) is 0 Å². The number of ketones is 1. The molecule has 0 saturated carbocycles. The lowest BCUT2D eigenvalue weighted by Gasteiger charge is -2.23. The zero-order valence-corrected chi connectivity index (χ0v) is 7.50. The normalized spacial score (nSPS) is 29.9.